The minimum Gasteiger partial charge on any atom is -0.370 e. The summed E-state index contributed by atoms with van der Waals surface area (Å²) in [6, 6.07) is 10.8. The molecule has 0 aromatic heterocycles. The molecule has 1 unspecified atom stereocenters. The van der Waals surface area contributed by atoms with Crippen LogP contribution >= 0.6 is 0 Å². The van der Waals surface area contributed by atoms with Gasteiger partial charge in [0.25, 0.3) is 0 Å². The average molecular weight is 234 g/mol. The summed E-state index contributed by atoms with van der Waals surface area (Å²) >= 11 is 0. The molecule has 3 N–H and O–H groups in total. The maximum Gasteiger partial charge on any atom is 0.217 e. The number of primary amides is 1. The molecule has 0 aliphatic heterocycles. The summed E-state index contributed by atoms with van der Waals surface area (Å²) in [4.78, 5) is 10.6. The Labute approximate surface area is 103 Å². The molecule has 1 amide bonds. The highest BCUT2D eigenvalue weighted by Crippen LogP contribution is 2.17. The summed E-state index contributed by atoms with van der Waals surface area (Å²) in [5, 5.41) is 3.48. The first kappa shape index (κ1) is 13.7. The zero-order valence-electron chi connectivity index (χ0n) is 10.5. The fraction of sp³-hybridized carbons (Fsp3) is 0.500. The number of carbonyl (C=O) groups is 1. The van der Waals surface area contributed by atoms with E-state index in [4.69, 9.17) is 5.73 Å². The number of hydrogen-bond acceptors (Lipinski definition) is 2. The van der Waals surface area contributed by atoms with Crippen LogP contribution in [0.5, 0.6) is 0 Å². The highest BCUT2D eigenvalue weighted by molar-refractivity contribution is 5.73. The molecule has 3 nitrogen and oxygen atoms in total. The molecule has 0 spiro atoms. The van der Waals surface area contributed by atoms with Crippen molar-refractivity contribution in [2.75, 3.05) is 6.54 Å². The number of amides is 1. The van der Waals surface area contributed by atoms with Gasteiger partial charge in [0, 0.05) is 12.5 Å². The van der Waals surface area contributed by atoms with Crippen LogP contribution in [-0.4, -0.2) is 12.5 Å². The summed E-state index contributed by atoms with van der Waals surface area (Å²) in [5.74, 6) is -0.224. The molecule has 94 valence electrons. The minimum atomic E-state index is -0.224. The van der Waals surface area contributed by atoms with E-state index < -0.39 is 0 Å². The van der Waals surface area contributed by atoms with E-state index in [1.54, 1.807) is 0 Å². The van der Waals surface area contributed by atoms with Crippen LogP contribution in [0.15, 0.2) is 30.3 Å². The number of nitrogens with one attached hydrogen (secondary N) is 1. The Morgan fingerprint density at radius 3 is 2.65 bits per heavy atom. The average Bonchev–Trinajstić information content (AvgIpc) is 2.34. The van der Waals surface area contributed by atoms with Crippen molar-refractivity contribution in [2.24, 2.45) is 5.73 Å². The Morgan fingerprint density at radius 2 is 2.06 bits per heavy atom. The summed E-state index contributed by atoms with van der Waals surface area (Å²) in [6.45, 7) is 3.02. The fourth-order valence-electron chi connectivity index (χ4n) is 1.90. The highest BCUT2D eigenvalue weighted by Gasteiger charge is 2.08. The van der Waals surface area contributed by atoms with Crippen molar-refractivity contribution >= 4 is 5.91 Å². The number of rotatable bonds is 8. The molecule has 1 aromatic rings. The van der Waals surface area contributed by atoms with Gasteiger partial charge in [-0.1, -0.05) is 43.7 Å². The molecule has 0 heterocycles. The van der Waals surface area contributed by atoms with Crippen molar-refractivity contribution in [3.8, 4) is 0 Å². The predicted octanol–water partition coefficient (Wildman–Crippen LogP) is 2.38. The lowest BCUT2D eigenvalue weighted by Crippen LogP contribution is -2.23. The molecule has 3 heteroatoms. The van der Waals surface area contributed by atoms with Gasteiger partial charge in [0.2, 0.25) is 5.91 Å². The van der Waals surface area contributed by atoms with Gasteiger partial charge < -0.3 is 11.1 Å². The van der Waals surface area contributed by atoms with E-state index in [1.807, 2.05) is 6.07 Å². The molecular weight excluding hydrogens is 212 g/mol. The maximum atomic E-state index is 10.6. The second kappa shape index (κ2) is 7.85. The van der Waals surface area contributed by atoms with Crippen molar-refractivity contribution < 1.29 is 4.79 Å². The molecular formula is C14H22N2O. The molecule has 0 aliphatic rings. The lowest BCUT2D eigenvalue weighted by Gasteiger charge is -2.18. The Balaban J connectivity index is 2.41. The molecule has 1 rings (SSSR count). The molecule has 0 radical (unpaired) electrons. The molecule has 0 bridgehead atoms. The third-order valence-corrected chi connectivity index (χ3v) is 2.77. The normalized spacial score (nSPS) is 12.3. The van der Waals surface area contributed by atoms with Crippen LogP contribution in [0.3, 0.4) is 0 Å². The van der Waals surface area contributed by atoms with Gasteiger partial charge >= 0.3 is 0 Å². The quantitative estimate of drug-likeness (QED) is 0.678. The van der Waals surface area contributed by atoms with E-state index in [-0.39, 0.29) is 5.91 Å². The second-order valence-electron chi connectivity index (χ2n) is 4.28. The van der Waals surface area contributed by atoms with Crippen LogP contribution in [0, 0.1) is 0 Å². The molecule has 0 saturated carbocycles. The molecule has 17 heavy (non-hydrogen) atoms. The predicted molar refractivity (Wildman–Crippen MR) is 70.5 cm³/mol. The number of hydrogen-bond donors (Lipinski definition) is 2. The van der Waals surface area contributed by atoms with Crippen LogP contribution in [0.2, 0.25) is 0 Å². The van der Waals surface area contributed by atoms with Gasteiger partial charge in [-0.3, -0.25) is 4.79 Å². The van der Waals surface area contributed by atoms with Gasteiger partial charge in [0.1, 0.15) is 0 Å². The summed E-state index contributed by atoms with van der Waals surface area (Å²) in [7, 11) is 0. The van der Waals surface area contributed by atoms with Crippen molar-refractivity contribution in [1.29, 1.82) is 0 Å². The first-order valence-corrected chi connectivity index (χ1v) is 6.30. The van der Waals surface area contributed by atoms with Crippen LogP contribution < -0.4 is 11.1 Å². The van der Waals surface area contributed by atoms with Crippen LogP contribution in [0.4, 0.5) is 0 Å². The van der Waals surface area contributed by atoms with E-state index in [1.165, 1.54) is 5.56 Å². The van der Waals surface area contributed by atoms with Gasteiger partial charge in [-0.2, -0.15) is 0 Å². The second-order valence-corrected chi connectivity index (χ2v) is 4.28. The third-order valence-electron chi connectivity index (χ3n) is 2.77. The lowest BCUT2D eigenvalue weighted by molar-refractivity contribution is -0.118. The number of carbonyl (C=O) groups excluding carboxylic acids is 1. The van der Waals surface area contributed by atoms with E-state index in [2.05, 4.69) is 36.5 Å². The molecule has 1 aromatic carbocycles. The zero-order chi connectivity index (χ0) is 12.5. The van der Waals surface area contributed by atoms with E-state index in [0.29, 0.717) is 12.5 Å². The maximum absolute atomic E-state index is 10.6. The molecule has 1 atom stereocenters. The summed E-state index contributed by atoms with van der Waals surface area (Å²) in [5.41, 5.74) is 6.43. The summed E-state index contributed by atoms with van der Waals surface area (Å²) < 4.78 is 0. The Kier molecular flexibility index (Phi) is 6.33. The molecule has 0 aliphatic carbocycles. The van der Waals surface area contributed by atoms with E-state index in [0.717, 1.165) is 25.8 Å². The first-order chi connectivity index (χ1) is 8.24. The van der Waals surface area contributed by atoms with Gasteiger partial charge in [0.15, 0.2) is 0 Å². The van der Waals surface area contributed by atoms with Crippen molar-refractivity contribution in [3.63, 3.8) is 0 Å². The monoisotopic (exact) mass is 234 g/mol. The van der Waals surface area contributed by atoms with E-state index in [9.17, 15) is 4.79 Å². The number of benzene rings is 1. The molecule has 0 saturated heterocycles. The number of nitrogens with two attached hydrogens (primary N) is 1. The first-order valence-electron chi connectivity index (χ1n) is 6.30. The van der Waals surface area contributed by atoms with E-state index >= 15 is 0 Å². The van der Waals surface area contributed by atoms with Gasteiger partial charge in [-0.15, -0.1) is 0 Å². The SMILES string of the molecule is CCCC(NCCCC(N)=O)c1ccccc1. The van der Waals surface area contributed by atoms with Gasteiger partial charge in [0.05, 0.1) is 0 Å². The minimum absolute atomic E-state index is 0.224. The summed E-state index contributed by atoms with van der Waals surface area (Å²) in [6.07, 6.45) is 3.52. The van der Waals surface area contributed by atoms with Crippen molar-refractivity contribution in [3.05, 3.63) is 35.9 Å². The Hall–Kier alpha value is -1.35. The van der Waals surface area contributed by atoms with Gasteiger partial charge in [-0.25, -0.2) is 0 Å². The smallest absolute Gasteiger partial charge is 0.217 e. The Morgan fingerprint density at radius 1 is 1.35 bits per heavy atom. The third kappa shape index (κ3) is 5.50. The highest BCUT2D eigenvalue weighted by atomic mass is 16.1. The zero-order valence-corrected chi connectivity index (χ0v) is 10.5. The largest absolute Gasteiger partial charge is 0.370 e. The van der Waals surface area contributed by atoms with Crippen molar-refractivity contribution in [1.82, 2.24) is 5.32 Å². The van der Waals surface area contributed by atoms with Crippen LogP contribution in [-0.2, 0) is 4.79 Å². The van der Waals surface area contributed by atoms with Gasteiger partial charge in [-0.05, 0) is 24.9 Å². The fourth-order valence-corrected chi connectivity index (χ4v) is 1.90. The lowest BCUT2D eigenvalue weighted by atomic mass is 10.0. The van der Waals surface area contributed by atoms with Crippen LogP contribution in [0.25, 0.3) is 0 Å². The molecule has 0 fully saturated rings. The van der Waals surface area contributed by atoms with Crippen molar-refractivity contribution in [2.45, 2.75) is 38.6 Å². The standard InChI is InChI=1S/C14H22N2O/c1-2-7-13(12-8-4-3-5-9-12)16-11-6-10-14(15)17/h3-5,8-9,13,16H,2,6-7,10-11H2,1H3,(H2,15,17). The topological polar surface area (TPSA) is 55.1 Å². The van der Waals surface area contributed by atoms with Crippen LogP contribution in [0.1, 0.15) is 44.2 Å². The Bertz CT molecular complexity index is 324.